The minimum atomic E-state index is 0. The van der Waals surface area contributed by atoms with Gasteiger partial charge in [-0.2, -0.15) is 0 Å². The van der Waals surface area contributed by atoms with Crippen LogP contribution in [0, 0.1) is 0 Å². The van der Waals surface area contributed by atoms with Gasteiger partial charge in [-0.05, 0) is 26.3 Å². The maximum atomic E-state index is 3.44. The third kappa shape index (κ3) is 3.52. The molecule has 1 atom stereocenters. The highest BCUT2D eigenvalue weighted by Gasteiger charge is 2.03. The van der Waals surface area contributed by atoms with Crippen molar-refractivity contribution in [2.24, 2.45) is 0 Å². The molecular formula is C8H19N. The molecular weight excluding hydrogens is 110 g/mol. The van der Waals surface area contributed by atoms with E-state index in [0.29, 0.717) is 0 Å². The molecule has 0 saturated carbocycles. The maximum Gasteiger partial charge on any atom is 0.00387 e. The van der Waals surface area contributed by atoms with Gasteiger partial charge in [-0.25, -0.2) is 0 Å². The Labute approximate surface area is 58.8 Å². The average Bonchev–Trinajstić information content (AvgIpc) is 1.94. The molecule has 1 heteroatoms. The van der Waals surface area contributed by atoms with Gasteiger partial charge in [-0.15, -0.1) is 0 Å². The fourth-order valence-electron chi connectivity index (χ4n) is 1.20. The van der Waals surface area contributed by atoms with E-state index in [1.54, 1.807) is 0 Å². The first-order chi connectivity index (χ1) is 3.89. The van der Waals surface area contributed by atoms with E-state index in [9.17, 15) is 0 Å². The fourth-order valence-corrected chi connectivity index (χ4v) is 1.20. The zero-order valence-corrected chi connectivity index (χ0v) is 5.61. The lowest BCUT2D eigenvalue weighted by Crippen LogP contribution is -2.24. The topological polar surface area (TPSA) is 12.0 Å². The minimum Gasteiger partial charge on any atom is -0.314 e. The van der Waals surface area contributed by atoms with Crippen LogP contribution >= 0.6 is 0 Å². The molecule has 0 radical (unpaired) electrons. The highest BCUT2D eigenvalue weighted by atomic mass is 14.9. The summed E-state index contributed by atoms with van der Waals surface area (Å²) in [6, 6.07) is 0.775. The minimum absolute atomic E-state index is 0. The molecule has 56 valence electrons. The van der Waals surface area contributed by atoms with Crippen molar-refractivity contribution in [1.29, 1.82) is 0 Å². The summed E-state index contributed by atoms with van der Waals surface area (Å²) >= 11 is 0. The standard InChI is InChI=1S/C7H15N.CH4/c1-7-5-3-2-4-6-8-7;/h7-8H,2-6H2,1H3;1H4. The lowest BCUT2D eigenvalue weighted by atomic mass is 10.1. The number of rotatable bonds is 0. The van der Waals surface area contributed by atoms with Crippen molar-refractivity contribution in [3.05, 3.63) is 0 Å². The molecule has 1 fully saturated rings. The van der Waals surface area contributed by atoms with E-state index < -0.39 is 0 Å². The molecule has 1 rings (SSSR count). The van der Waals surface area contributed by atoms with Crippen LogP contribution in [0.3, 0.4) is 0 Å². The molecule has 1 heterocycles. The Morgan fingerprint density at radius 2 is 2.00 bits per heavy atom. The quantitative estimate of drug-likeness (QED) is 0.528. The molecule has 1 nitrogen and oxygen atoms in total. The largest absolute Gasteiger partial charge is 0.314 e. The number of nitrogens with one attached hydrogen (secondary N) is 1. The van der Waals surface area contributed by atoms with E-state index in [1.165, 1.54) is 32.2 Å². The van der Waals surface area contributed by atoms with Crippen LogP contribution in [0.25, 0.3) is 0 Å². The summed E-state index contributed by atoms with van der Waals surface area (Å²) in [7, 11) is 0. The normalized spacial score (nSPS) is 28.3. The van der Waals surface area contributed by atoms with E-state index in [2.05, 4.69) is 12.2 Å². The average molecular weight is 129 g/mol. The second-order valence-electron chi connectivity index (χ2n) is 2.70. The molecule has 0 amide bonds. The van der Waals surface area contributed by atoms with Crippen molar-refractivity contribution in [3.63, 3.8) is 0 Å². The van der Waals surface area contributed by atoms with Gasteiger partial charge >= 0.3 is 0 Å². The third-order valence-corrected chi connectivity index (χ3v) is 1.81. The zero-order chi connectivity index (χ0) is 5.82. The van der Waals surface area contributed by atoms with Crippen molar-refractivity contribution in [2.75, 3.05) is 6.54 Å². The monoisotopic (exact) mass is 129 g/mol. The molecule has 0 bridgehead atoms. The summed E-state index contributed by atoms with van der Waals surface area (Å²) in [6.07, 6.45) is 5.61. The van der Waals surface area contributed by atoms with Crippen LogP contribution in [-0.2, 0) is 0 Å². The molecule has 0 spiro atoms. The Morgan fingerprint density at radius 3 is 2.78 bits per heavy atom. The molecule has 0 aromatic heterocycles. The van der Waals surface area contributed by atoms with Crippen LogP contribution in [0.4, 0.5) is 0 Å². The second kappa shape index (κ2) is 4.80. The second-order valence-corrected chi connectivity index (χ2v) is 2.70. The van der Waals surface area contributed by atoms with E-state index >= 15 is 0 Å². The molecule has 1 saturated heterocycles. The third-order valence-electron chi connectivity index (χ3n) is 1.81. The summed E-state index contributed by atoms with van der Waals surface area (Å²) < 4.78 is 0. The first-order valence-electron chi connectivity index (χ1n) is 3.63. The molecule has 1 unspecified atom stereocenters. The van der Waals surface area contributed by atoms with Crippen LogP contribution in [-0.4, -0.2) is 12.6 Å². The molecule has 9 heavy (non-hydrogen) atoms. The molecule has 0 aromatic rings. The van der Waals surface area contributed by atoms with Crippen LogP contribution in [0.2, 0.25) is 0 Å². The summed E-state index contributed by atoms with van der Waals surface area (Å²) in [5, 5.41) is 3.44. The van der Waals surface area contributed by atoms with Crippen LogP contribution in [0.15, 0.2) is 0 Å². The number of hydrogen-bond acceptors (Lipinski definition) is 1. The first kappa shape index (κ1) is 8.96. The SMILES string of the molecule is C.CC1CCCCCN1. The molecule has 0 aliphatic carbocycles. The maximum absolute atomic E-state index is 3.44. The molecule has 1 aliphatic rings. The van der Waals surface area contributed by atoms with Crippen LogP contribution < -0.4 is 5.32 Å². The van der Waals surface area contributed by atoms with E-state index in [-0.39, 0.29) is 7.43 Å². The summed E-state index contributed by atoms with van der Waals surface area (Å²) in [6.45, 7) is 3.51. The Morgan fingerprint density at radius 1 is 1.22 bits per heavy atom. The summed E-state index contributed by atoms with van der Waals surface area (Å²) in [5.74, 6) is 0. The van der Waals surface area contributed by atoms with Crippen molar-refractivity contribution in [2.45, 2.75) is 46.1 Å². The van der Waals surface area contributed by atoms with Gasteiger partial charge in [0.2, 0.25) is 0 Å². The lowest BCUT2D eigenvalue weighted by molar-refractivity contribution is 0.550. The van der Waals surface area contributed by atoms with Gasteiger partial charge in [0.25, 0.3) is 0 Å². The van der Waals surface area contributed by atoms with Crippen molar-refractivity contribution in [1.82, 2.24) is 5.32 Å². The van der Waals surface area contributed by atoms with Crippen molar-refractivity contribution < 1.29 is 0 Å². The van der Waals surface area contributed by atoms with Gasteiger partial charge < -0.3 is 5.32 Å². The van der Waals surface area contributed by atoms with Gasteiger partial charge in [-0.3, -0.25) is 0 Å². The van der Waals surface area contributed by atoms with Gasteiger partial charge in [0.1, 0.15) is 0 Å². The Balaban J connectivity index is 0.000000640. The molecule has 0 aromatic carbocycles. The van der Waals surface area contributed by atoms with E-state index in [0.717, 1.165) is 6.04 Å². The highest BCUT2D eigenvalue weighted by Crippen LogP contribution is 2.06. The Bertz CT molecular complexity index is 53.6. The van der Waals surface area contributed by atoms with Gasteiger partial charge in [0.05, 0.1) is 0 Å². The molecule has 1 N–H and O–H groups in total. The van der Waals surface area contributed by atoms with Crippen molar-refractivity contribution >= 4 is 0 Å². The molecule has 1 aliphatic heterocycles. The predicted molar refractivity (Wildman–Crippen MR) is 42.7 cm³/mol. The van der Waals surface area contributed by atoms with E-state index in [1.807, 2.05) is 0 Å². The fraction of sp³-hybridized carbons (Fsp3) is 1.00. The summed E-state index contributed by atoms with van der Waals surface area (Å²) in [5.41, 5.74) is 0. The first-order valence-corrected chi connectivity index (χ1v) is 3.63. The van der Waals surface area contributed by atoms with Crippen molar-refractivity contribution in [3.8, 4) is 0 Å². The van der Waals surface area contributed by atoms with Gasteiger partial charge in [0, 0.05) is 6.04 Å². The Hall–Kier alpha value is -0.0400. The smallest absolute Gasteiger partial charge is 0.00387 e. The summed E-state index contributed by atoms with van der Waals surface area (Å²) in [4.78, 5) is 0. The van der Waals surface area contributed by atoms with Gasteiger partial charge in [0.15, 0.2) is 0 Å². The zero-order valence-electron chi connectivity index (χ0n) is 5.61. The lowest BCUT2D eigenvalue weighted by Gasteiger charge is -2.06. The highest BCUT2D eigenvalue weighted by molar-refractivity contribution is 4.64. The predicted octanol–water partition coefficient (Wildman–Crippen LogP) is 2.17. The van der Waals surface area contributed by atoms with Gasteiger partial charge in [-0.1, -0.05) is 20.3 Å². The number of hydrogen-bond donors (Lipinski definition) is 1. The van der Waals surface area contributed by atoms with Crippen LogP contribution in [0.1, 0.15) is 40.0 Å². The van der Waals surface area contributed by atoms with E-state index in [4.69, 9.17) is 0 Å². The van der Waals surface area contributed by atoms with Crippen LogP contribution in [0.5, 0.6) is 0 Å². The Kier molecular flexibility index (Phi) is 4.78.